The molecule has 1 aromatic rings. The van der Waals surface area contributed by atoms with E-state index in [1.807, 2.05) is 32.3 Å². The molecule has 3 N–H and O–H groups in total. The number of nitrogens with two attached hydrogens (primary N) is 1. The molecule has 0 saturated heterocycles. The molecule has 0 aliphatic rings. The van der Waals surface area contributed by atoms with Gasteiger partial charge in [0.25, 0.3) is 0 Å². The second kappa shape index (κ2) is 8.80. The minimum absolute atomic E-state index is 0.0496. The Hall–Kier alpha value is -1.39. The lowest BCUT2D eigenvalue weighted by atomic mass is 10.0. The summed E-state index contributed by atoms with van der Waals surface area (Å²) in [7, 11) is 4.02. The van der Waals surface area contributed by atoms with Gasteiger partial charge in [-0.15, -0.1) is 0 Å². The third kappa shape index (κ3) is 6.74. The molecule has 1 amide bonds. The quantitative estimate of drug-likeness (QED) is 0.765. The summed E-state index contributed by atoms with van der Waals surface area (Å²) in [6.45, 7) is 5.06. The Balaban J connectivity index is 2.45. The van der Waals surface area contributed by atoms with Crippen LogP contribution in [0.1, 0.15) is 25.8 Å². The minimum Gasteiger partial charge on any atom is -0.350 e. The van der Waals surface area contributed by atoms with Crippen LogP contribution in [-0.2, 0) is 11.2 Å². The maximum atomic E-state index is 12.2. The van der Waals surface area contributed by atoms with E-state index in [0.29, 0.717) is 12.3 Å². The number of rotatable bonds is 8. The molecule has 0 bridgehead atoms. The van der Waals surface area contributed by atoms with E-state index < -0.39 is 6.04 Å². The first-order valence-electron chi connectivity index (χ1n) is 7.64. The average molecular weight is 291 g/mol. The summed E-state index contributed by atoms with van der Waals surface area (Å²) in [5.74, 6) is 0.337. The van der Waals surface area contributed by atoms with E-state index in [-0.39, 0.29) is 11.9 Å². The summed E-state index contributed by atoms with van der Waals surface area (Å²) in [6.07, 6.45) is 1.50. The normalized spacial score (nSPS) is 14.2. The lowest BCUT2D eigenvalue weighted by molar-refractivity contribution is -0.123. The van der Waals surface area contributed by atoms with Gasteiger partial charge < -0.3 is 16.0 Å². The third-order valence-corrected chi connectivity index (χ3v) is 3.62. The first-order chi connectivity index (χ1) is 9.90. The van der Waals surface area contributed by atoms with Gasteiger partial charge in [-0.05, 0) is 38.4 Å². The van der Waals surface area contributed by atoms with E-state index in [0.717, 1.165) is 13.0 Å². The minimum atomic E-state index is -0.450. The van der Waals surface area contributed by atoms with Crippen LogP contribution >= 0.6 is 0 Å². The van der Waals surface area contributed by atoms with Gasteiger partial charge in [0.15, 0.2) is 0 Å². The molecule has 0 radical (unpaired) electrons. The zero-order chi connectivity index (χ0) is 15.8. The summed E-state index contributed by atoms with van der Waals surface area (Å²) in [4.78, 5) is 14.3. The van der Waals surface area contributed by atoms with E-state index in [1.165, 1.54) is 5.56 Å². The molecule has 4 heteroatoms. The smallest absolute Gasteiger partial charge is 0.237 e. The molecule has 0 spiro atoms. The SMILES string of the molecule is CC(C)C(CN(C)C)NC(=O)C(N)CCc1ccccc1. The Morgan fingerprint density at radius 3 is 2.38 bits per heavy atom. The number of benzene rings is 1. The monoisotopic (exact) mass is 291 g/mol. The van der Waals surface area contributed by atoms with Crippen molar-refractivity contribution in [3.63, 3.8) is 0 Å². The molecule has 0 heterocycles. The lowest BCUT2D eigenvalue weighted by Gasteiger charge is -2.27. The highest BCUT2D eigenvalue weighted by Crippen LogP contribution is 2.06. The van der Waals surface area contributed by atoms with Crippen molar-refractivity contribution in [1.29, 1.82) is 0 Å². The van der Waals surface area contributed by atoms with Crippen LogP contribution in [0.4, 0.5) is 0 Å². The highest BCUT2D eigenvalue weighted by molar-refractivity contribution is 5.81. The molecule has 1 rings (SSSR count). The molecule has 0 saturated carbocycles. The van der Waals surface area contributed by atoms with Crippen molar-refractivity contribution in [3.05, 3.63) is 35.9 Å². The molecule has 0 aliphatic carbocycles. The van der Waals surface area contributed by atoms with Crippen molar-refractivity contribution < 1.29 is 4.79 Å². The van der Waals surface area contributed by atoms with E-state index in [4.69, 9.17) is 5.73 Å². The van der Waals surface area contributed by atoms with Crippen molar-refractivity contribution in [2.24, 2.45) is 11.7 Å². The summed E-state index contributed by atoms with van der Waals surface area (Å²) in [5.41, 5.74) is 7.24. The first kappa shape index (κ1) is 17.7. The maximum Gasteiger partial charge on any atom is 0.237 e. The summed E-state index contributed by atoms with van der Waals surface area (Å²) in [6, 6.07) is 9.81. The number of likely N-dealkylation sites (N-methyl/N-ethyl adjacent to an activating group) is 1. The predicted molar refractivity (Wildman–Crippen MR) is 88.1 cm³/mol. The van der Waals surface area contributed by atoms with Gasteiger partial charge in [0.05, 0.1) is 6.04 Å². The Morgan fingerprint density at radius 2 is 1.86 bits per heavy atom. The van der Waals surface area contributed by atoms with E-state index in [1.54, 1.807) is 0 Å². The fourth-order valence-corrected chi connectivity index (χ4v) is 2.20. The van der Waals surface area contributed by atoms with Crippen LogP contribution in [0.25, 0.3) is 0 Å². The van der Waals surface area contributed by atoms with Crippen LogP contribution < -0.4 is 11.1 Å². The van der Waals surface area contributed by atoms with Gasteiger partial charge in [0.2, 0.25) is 5.91 Å². The summed E-state index contributed by atoms with van der Waals surface area (Å²) < 4.78 is 0. The van der Waals surface area contributed by atoms with E-state index in [9.17, 15) is 4.79 Å². The fraction of sp³-hybridized carbons (Fsp3) is 0.588. The molecule has 0 aliphatic heterocycles. The second-order valence-corrected chi connectivity index (χ2v) is 6.25. The van der Waals surface area contributed by atoms with Gasteiger partial charge in [-0.1, -0.05) is 44.2 Å². The second-order valence-electron chi connectivity index (χ2n) is 6.25. The molecular weight excluding hydrogens is 262 g/mol. The molecule has 118 valence electrons. The fourth-order valence-electron chi connectivity index (χ4n) is 2.20. The Kier molecular flexibility index (Phi) is 7.40. The molecule has 21 heavy (non-hydrogen) atoms. The van der Waals surface area contributed by atoms with Crippen molar-refractivity contribution in [3.8, 4) is 0 Å². The van der Waals surface area contributed by atoms with Crippen molar-refractivity contribution in [2.75, 3.05) is 20.6 Å². The van der Waals surface area contributed by atoms with Gasteiger partial charge >= 0.3 is 0 Å². The zero-order valence-corrected chi connectivity index (χ0v) is 13.7. The topological polar surface area (TPSA) is 58.4 Å². The average Bonchev–Trinajstić information content (AvgIpc) is 2.44. The largest absolute Gasteiger partial charge is 0.350 e. The molecule has 2 unspecified atom stereocenters. The van der Waals surface area contributed by atoms with Crippen LogP contribution in [0.15, 0.2) is 30.3 Å². The zero-order valence-electron chi connectivity index (χ0n) is 13.7. The van der Waals surface area contributed by atoms with Crippen LogP contribution in [0.5, 0.6) is 0 Å². The predicted octanol–water partition coefficient (Wildman–Crippen LogP) is 1.65. The van der Waals surface area contributed by atoms with Crippen molar-refractivity contribution in [2.45, 2.75) is 38.8 Å². The maximum absolute atomic E-state index is 12.2. The number of amides is 1. The number of hydrogen-bond donors (Lipinski definition) is 2. The van der Waals surface area contributed by atoms with Gasteiger partial charge in [0, 0.05) is 12.6 Å². The molecular formula is C17H29N3O. The molecule has 2 atom stereocenters. The summed E-state index contributed by atoms with van der Waals surface area (Å²) >= 11 is 0. The van der Waals surface area contributed by atoms with Crippen LogP contribution in [0, 0.1) is 5.92 Å². The Labute approximate surface area is 128 Å². The molecule has 1 aromatic carbocycles. The van der Waals surface area contributed by atoms with Crippen LogP contribution in [0.2, 0.25) is 0 Å². The highest BCUT2D eigenvalue weighted by atomic mass is 16.2. The number of nitrogens with zero attached hydrogens (tertiary/aromatic N) is 1. The first-order valence-corrected chi connectivity index (χ1v) is 7.64. The van der Waals surface area contributed by atoms with Gasteiger partial charge in [-0.2, -0.15) is 0 Å². The number of hydrogen-bond acceptors (Lipinski definition) is 3. The number of carbonyl (C=O) groups is 1. The third-order valence-electron chi connectivity index (χ3n) is 3.62. The number of aryl methyl sites for hydroxylation is 1. The Bertz CT molecular complexity index is 417. The molecule has 0 fully saturated rings. The number of nitrogens with one attached hydrogen (secondary N) is 1. The van der Waals surface area contributed by atoms with Crippen molar-refractivity contribution >= 4 is 5.91 Å². The van der Waals surface area contributed by atoms with Crippen LogP contribution in [0.3, 0.4) is 0 Å². The van der Waals surface area contributed by atoms with Crippen LogP contribution in [-0.4, -0.2) is 43.5 Å². The van der Waals surface area contributed by atoms with E-state index in [2.05, 4.69) is 36.2 Å². The van der Waals surface area contributed by atoms with Gasteiger partial charge in [-0.25, -0.2) is 0 Å². The van der Waals surface area contributed by atoms with Gasteiger partial charge in [-0.3, -0.25) is 4.79 Å². The standard InChI is InChI=1S/C17H29N3O/c1-13(2)16(12-20(3)4)19-17(21)15(18)11-10-14-8-6-5-7-9-14/h5-9,13,15-16H,10-12,18H2,1-4H3,(H,19,21). The highest BCUT2D eigenvalue weighted by Gasteiger charge is 2.20. The lowest BCUT2D eigenvalue weighted by Crippen LogP contribution is -2.50. The number of carbonyl (C=O) groups excluding carboxylic acids is 1. The van der Waals surface area contributed by atoms with Crippen molar-refractivity contribution in [1.82, 2.24) is 10.2 Å². The summed E-state index contributed by atoms with van der Waals surface area (Å²) in [5, 5.41) is 3.08. The molecule has 0 aromatic heterocycles. The van der Waals surface area contributed by atoms with E-state index >= 15 is 0 Å². The molecule has 4 nitrogen and oxygen atoms in total. The Morgan fingerprint density at radius 1 is 1.24 bits per heavy atom. The van der Waals surface area contributed by atoms with Gasteiger partial charge in [0.1, 0.15) is 0 Å².